The molecule has 0 saturated heterocycles. The van der Waals surface area contributed by atoms with Crippen LogP contribution in [0.5, 0.6) is 0 Å². The van der Waals surface area contributed by atoms with E-state index in [-0.39, 0.29) is 35.4 Å². The number of nitrogens with two attached hydrogens (primary N) is 1. The first-order chi connectivity index (χ1) is 22.6. The van der Waals surface area contributed by atoms with Gasteiger partial charge in [-0.05, 0) is 116 Å². The number of hydrogen-bond acceptors (Lipinski definition) is 5. The highest BCUT2D eigenvalue weighted by Gasteiger charge is 2.25. The van der Waals surface area contributed by atoms with Crippen LogP contribution < -0.4 is 5.73 Å². The molecular formula is C37H36BrF2N5O2. The van der Waals surface area contributed by atoms with Crippen LogP contribution in [0.4, 0.5) is 14.5 Å². The van der Waals surface area contributed by atoms with Gasteiger partial charge in [0.15, 0.2) is 0 Å². The topological polar surface area (TPSA) is 124 Å². The minimum atomic E-state index is -0.504. The molecule has 0 radical (unpaired) electrons. The fourth-order valence-corrected chi connectivity index (χ4v) is 7.65. The molecule has 7 nitrogen and oxygen atoms in total. The number of aliphatic hydroxyl groups excluding tert-OH is 2. The van der Waals surface area contributed by atoms with Gasteiger partial charge in [-0.15, -0.1) is 0 Å². The maximum absolute atomic E-state index is 14.4. The van der Waals surface area contributed by atoms with E-state index in [0.717, 1.165) is 94.3 Å². The average Bonchev–Trinajstić information content (AvgIpc) is 3.59. The van der Waals surface area contributed by atoms with Crippen molar-refractivity contribution in [2.75, 3.05) is 5.73 Å². The van der Waals surface area contributed by atoms with Crippen molar-refractivity contribution in [2.24, 2.45) is 0 Å². The fraction of sp³-hybridized carbons (Fsp3) is 0.351. The Bertz CT molecular complexity index is 2040. The Balaban J connectivity index is 0.000000172. The highest BCUT2D eigenvalue weighted by atomic mass is 79.9. The molecule has 0 spiro atoms. The lowest BCUT2D eigenvalue weighted by molar-refractivity contribution is 0.111. The molecule has 10 heteroatoms. The molecule has 2 aromatic heterocycles. The van der Waals surface area contributed by atoms with Gasteiger partial charge >= 0.3 is 0 Å². The van der Waals surface area contributed by atoms with Gasteiger partial charge < -0.3 is 25.1 Å². The maximum Gasteiger partial charge on any atom is 0.143 e. The van der Waals surface area contributed by atoms with Crippen molar-refractivity contribution in [2.45, 2.75) is 82.6 Å². The number of rotatable bonds is 3. The van der Waals surface area contributed by atoms with E-state index in [4.69, 9.17) is 11.0 Å². The van der Waals surface area contributed by atoms with Gasteiger partial charge in [-0.25, -0.2) is 8.78 Å². The monoisotopic (exact) mass is 699 g/mol. The highest BCUT2D eigenvalue weighted by molar-refractivity contribution is 9.10. The summed E-state index contributed by atoms with van der Waals surface area (Å²) in [4.78, 5) is 0. The average molecular weight is 701 g/mol. The number of hydrogen-bond donors (Lipinski definition) is 3. The molecule has 2 aliphatic carbocycles. The molecular weight excluding hydrogens is 664 g/mol. The normalized spacial score (nSPS) is 21.2. The van der Waals surface area contributed by atoms with Crippen molar-refractivity contribution in [3.63, 3.8) is 0 Å². The molecule has 0 atom stereocenters. The molecule has 5 aromatic rings. The number of aliphatic hydroxyl groups is 2. The number of nitriles is 2. The quantitative estimate of drug-likeness (QED) is 0.163. The number of benzene rings is 3. The van der Waals surface area contributed by atoms with Crippen molar-refractivity contribution < 1.29 is 19.0 Å². The van der Waals surface area contributed by atoms with Crippen molar-refractivity contribution >= 4 is 43.4 Å². The first kappa shape index (κ1) is 32.7. The second-order valence-corrected chi connectivity index (χ2v) is 13.6. The van der Waals surface area contributed by atoms with Crippen LogP contribution in [0.25, 0.3) is 32.9 Å². The van der Waals surface area contributed by atoms with Crippen LogP contribution >= 0.6 is 15.9 Å². The third-order valence-electron chi connectivity index (χ3n) is 9.82. The van der Waals surface area contributed by atoms with E-state index in [0.29, 0.717) is 5.69 Å². The summed E-state index contributed by atoms with van der Waals surface area (Å²) in [5.41, 5.74) is 11.4. The van der Waals surface area contributed by atoms with Crippen LogP contribution in [0.3, 0.4) is 0 Å². The van der Waals surface area contributed by atoms with Crippen molar-refractivity contribution in [1.29, 1.82) is 10.5 Å². The predicted octanol–water partition coefficient (Wildman–Crippen LogP) is 8.58. The van der Waals surface area contributed by atoms with Gasteiger partial charge in [0.25, 0.3) is 0 Å². The molecule has 2 fully saturated rings. The minimum Gasteiger partial charge on any atom is -0.398 e. The Kier molecular flexibility index (Phi) is 9.39. The molecule has 47 heavy (non-hydrogen) atoms. The van der Waals surface area contributed by atoms with E-state index in [1.54, 1.807) is 12.1 Å². The van der Waals surface area contributed by atoms with E-state index in [1.165, 1.54) is 12.1 Å². The minimum absolute atomic E-state index is 0.0436. The van der Waals surface area contributed by atoms with Gasteiger partial charge in [-0.1, -0.05) is 12.1 Å². The van der Waals surface area contributed by atoms with Crippen LogP contribution in [0, 0.1) is 41.2 Å². The second kappa shape index (κ2) is 13.5. The summed E-state index contributed by atoms with van der Waals surface area (Å²) in [5, 5.41) is 39.3. The summed E-state index contributed by atoms with van der Waals surface area (Å²) in [6, 6.07) is 16.2. The SMILES string of the molecule is Cc1c(N)cccc1-c1cn(C2CCC(O)CC2)c2cc(F)c(C#N)cc12.N#Cc1cc2c(Br)cn(C3CCC(O)CC3)c2cc1F. The number of anilines is 1. The zero-order chi connectivity index (χ0) is 33.4. The largest absolute Gasteiger partial charge is 0.398 e. The zero-order valence-corrected chi connectivity index (χ0v) is 27.6. The van der Waals surface area contributed by atoms with Gasteiger partial charge in [0.2, 0.25) is 0 Å². The van der Waals surface area contributed by atoms with Crippen molar-refractivity contribution in [3.05, 3.63) is 87.7 Å². The maximum atomic E-state index is 14.4. The van der Waals surface area contributed by atoms with Crippen molar-refractivity contribution in [3.8, 4) is 23.3 Å². The smallest absolute Gasteiger partial charge is 0.143 e. The third kappa shape index (κ3) is 6.38. The van der Waals surface area contributed by atoms with E-state index in [1.807, 2.05) is 43.5 Å². The van der Waals surface area contributed by atoms with Gasteiger partial charge in [0.05, 0.1) is 34.4 Å². The molecule has 2 heterocycles. The number of nitrogens with zero attached hydrogens (tertiary/aromatic N) is 4. The first-order valence-corrected chi connectivity index (χ1v) is 16.7. The predicted molar refractivity (Wildman–Crippen MR) is 183 cm³/mol. The molecule has 242 valence electrons. The summed E-state index contributed by atoms with van der Waals surface area (Å²) < 4.78 is 33.3. The lowest BCUT2D eigenvalue weighted by Gasteiger charge is -2.27. The van der Waals surface area contributed by atoms with Gasteiger partial charge in [0.1, 0.15) is 23.8 Å². The number of aromatic nitrogens is 2. The molecule has 0 unspecified atom stereocenters. The Hall–Kier alpha value is -4.22. The number of fused-ring (bicyclic) bond motifs is 2. The zero-order valence-electron chi connectivity index (χ0n) is 26.1. The molecule has 4 N–H and O–H groups in total. The number of halogens is 3. The molecule has 3 aromatic carbocycles. The lowest BCUT2D eigenvalue weighted by atomic mass is 9.93. The van der Waals surface area contributed by atoms with Crippen LogP contribution in [0.1, 0.15) is 80.1 Å². The van der Waals surface area contributed by atoms with Gasteiger partial charge in [-0.2, -0.15) is 10.5 Å². The van der Waals surface area contributed by atoms with Gasteiger partial charge in [-0.3, -0.25) is 0 Å². The Labute approximate surface area is 280 Å². The van der Waals surface area contributed by atoms with Gasteiger partial charge in [0, 0.05) is 51.0 Å². The fourth-order valence-electron chi connectivity index (χ4n) is 7.11. The van der Waals surface area contributed by atoms with E-state index >= 15 is 0 Å². The summed E-state index contributed by atoms with van der Waals surface area (Å²) in [5.74, 6) is -0.987. The summed E-state index contributed by atoms with van der Waals surface area (Å²) in [6.45, 7) is 1.97. The third-order valence-corrected chi connectivity index (χ3v) is 10.5. The summed E-state index contributed by atoms with van der Waals surface area (Å²) >= 11 is 3.48. The van der Waals surface area contributed by atoms with Crippen molar-refractivity contribution in [1.82, 2.24) is 9.13 Å². The molecule has 0 bridgehead atoms. The summed E-state index contributed by atoms with van der Waals surface area (Å²) in [6.07, 6.45) is 10.1. The highest BCUT2D eigenvalue weighted by Crippen LogP contribution is 2.40. The van der Waals surface area contributed by atoms with E-state index in [2.05, 4.69) is 31.3 Å². The van der Waals surface area contributed by atoms with E-state index < -0.39 is 11.6 Å². The molecule has 2 saturated carbocycles. The van der Waals surface area contributed by atoms with Crippen LogP contribution in [-0.4, -0.2) is 31.6 Å². The van der Waals surface area contributed by atoms with Crippen LogP contribution in [0.2, 0.25) is 0 Å². The first-order valence-electron chi connectivity index (χ1n) is 15.9. The molecule has 7 rings (SSSR count). The van der Waals surface area contributed by atoms with Crippen LogP contribution in [-0.2, 0) is 0 Å². The molecule has 2 aliphatic rings. The van der Waals surface area contributed by atoms with Crippen LogP contribution in [0.15, 0.2) is 59.3 Å². The Morgan fingerprint density at radius 1 is 0.745 bits per heavy atom. The Morgan fingerprint density at radius 3 is 1.77 bits per heavy atom. The standard InChI is InChI=1S/C22H22FN3O.C15H14BrFN2O/c1-13-17(3-2-4-21(13)25)19-12-26(15-5-7-16(27)8-6-15)22-10-20(23)14(11-24)9-18(19)22;16-13-8-19(10-1-3-11(20)4-2-10)15-6-14(17)9(7-18)5-12(13)15/h2-4,9-10,12,15-16,27H,5-8,25H2,1H3;5-6,8,10-11,20H,1-4H2. The second-order valence-electron chi connectivity index (χ2n) is 12.7. The number of nitrogen functional groups attached to an aromatic ring is 1. The molecule has 0 amide bonds. The summed E-state index contributed by atoms with van der Waals surface area (Å²) in [7, 11) is 0. The Morgan fingerprint density at radius 2 is 1.23 bits per heavy atom. The van der Waals surface area contributed by atoms with E-state index in [9.17, 15) is 24.3 Å². The molecule has 0 aliphatic heterocycles. The lowest BCUT2D eigenvalue weighted by Crippen LogP contribution is -2.20.